The molecule has 2 amide bonds. The number of hydrogen-bond donors (Lipinski definition) is 2. The first-order chi connectivity index (χ1) is 8.58. The fourth-order valence-corrected chi connectivity index (χ4v) is 2.28. The molecule has 1 saturated heterocycles. The second-order valence-electron chi connectivity index (χ2n) is 4.99. The van der Waals surface area contributed by atoms with Gasteiger partial charge in [-0.2, -0.15) is 0 Å². The van der Waals surface area contributed by atoms with Gasteiger partial charge < -0.3 is 15.3 Å². The third-order valence-corrected chi connectivity index (χ3v) is 3.75. The monoisotopic (exact) mass is 256 g/mol. The summed E-state index contributed by atoms with van der Waals surface area (Å²) < 4.78 is 0. The Morgan fingerprint density at radius 2 is 2.06 bits per heavy atom. The molecule has 1 aliphatic heterocycles. The van der Waals surface area contributed by atoms with E-state index in [1.807, 2.05) is 0 Å². The van der Waals surface area contributed by atoms with E-state index in [0.29, 0.717) is 32.0 Å². The quantitative estimate of drug-likeness (QED) is 0.789. The number of piperidine rings is 1. The number of carbonyl (C=O) groups is 2. The molecule has 5 heteroatoms. The third kappa shape index (κ3) is 4.20. The molecule has 0 saturated carbocycles. The van der Waals surface area contributed by atoms with Crippen LogP contribution >= 0.6 is 0 Å². The maximum Gasteiger partial charge on any atom is 0.317 e. The van der Waals surface area contributed by atoms with Crippen LogP contribution in [0.2, 0.25) is 0 Å². The first kappa shape index (κ1) is 14.8. The van der Waals surface area contributed by atoms with Gasteiger partial charge in [-0.3, -0.25) is 4.79 Å². The summed E-state index contributed by atoms with van der Waals surface area (Å²) in [6.07, 6.45) is 3.55. The van der Waals surface area contributed by atoms with Crippen LogP contribution in [0.1, 0.15) is 39.5 Å². The number of likely N-dealkylation sites (tertiary alicyclic amines) is 1. The molecule has 18 heavy (non-hydrogen) atoms. The molecule has 0 aliphatic carbocycles. The van der Waals surface area contributed by atoms with Crippen molar-refractivity contribution in [2.24, 2.45) is 11.8 Å². The van der Waals surface area contributed by atoms with Gasteiger partial charge in [-0.25, -0.2) is 4.79 Å². The van der Waals surface area contributed by atoms with Crippen LogP contribution in [0.4, 0.5) is 4.79 Å². The van der Waals surface area contributed by atoms with Crippen LogP contribution in [0.3, 0.4) is 0 Å². The molecule has 0 radical (unpaired) electrons. The van der Waals surface area contributed by atoms with Crippen molar-refractivity contribution in [3.63, 3.8) is 0 Å². The number of amides is 2. The normalized spacial score (nSPS) is 19.9. The summed E-state index contributed by atoms with van der Waals surface area (Å²) in [7, 11) is 0. The maximum absolute atomic E-state index is 11.9. The summed E-state index contributed by atoms with van der Waals surface area (Å²) in [6.45, 7) is 5.91. The van der Waals surface area contributed by atoms with Crippen LogP contribution in [-0.4, -0.2) is 41.6 Å². The summed E-state index contributed by atoms with van der Waals surface area (Å²) in [5.74, 6) is -0.695. The SMILES string of the molecule is CCC(CC)CNC(=O)N1CCCC(C(=O)O)C1. The number of carboxylic acid groups (broad SMARTS) is 1. The summed E-state index contributed by atoms with van der Waals surface area (Å²) in [6, 6.07) is -0.118. The molecule has 1 heterocycles. The number of rotatable bonds is 5. The molecule has 2 N–H and O–H groups in total. The van der Waals surface area contributed by atoms with Gasteiger partial charge in [0, 0.05) is 19.6 Å². The van der Waals surface area contributed by atoms with E-state index in [2.05, 4.69) is 19.2 Å². The van der Waals surface area contributed by atoms with Crippen LogP contribution in [0.25, 0.3) is 0 Å². The lowest BCUT2D eigenvalue weighted by Crippen LogP contribution is -2.47. The van der Waals surface area contributed by atoms with Gasteiger partial charge in [0.1, 0.15) is 0 Å². The summed E-state index contributed by atoms with van der Waals surface area (Å²) in [5, 5.41) is 11.9. The number of aliphatic carboxylic acids is 1. The van der Waals surface area contributed by atoms with Crippen molar-refractivity contribution >= 4 is 12.0 Å². The lowest BCUT2D eigenvalue weighted by Gasteiger charge is -2.31. The predicted octanol–water partition coefficient (Wildman–Crippen LogP) is 1.93. The number of hydrogen-bond acceptors (Lipinski definition) is 2. The standard InChI is InChI=1S/C13H24N2O3/c1-3-10(4-2)8-14-13(18)15-7-5-6-11(9-15)12(16)17/h10-11H,3-9H2,1-2H3,(H,14,18)(H,16,17). The molecule has 0 spiro atoms. The molecule has 0 aromatic rings. The Kier molecular flexibility index (Phi) is 5.95. The van der Waals surface area contributed by atoms with Gasteiger partial charge in [-0.05, 0) is 18.8 Å². The van der Waals surface area contributed by atoms with E-state index in [0.717, 1.165) is 19.3 Å². The fourth-order valence-electron chi connectivity index (χ4n) is 2.28. The minimum absolute atomic E-state index is 0.118. The Morgan fingerprint density at radius 3 is 2.61 bits per heavy atom. The van der Waals surface area contributed by atoms with Gasteiger partial charge in [0.15, 0.2) is 0 Å². The lowest BCUT2D eigenvalue weighted by molar-refractivity contribution is -0.143. The zero-order valence-electron chi connectivity index (χ0n) is 11.3. The van der Waals surface area contributed by atoms with Crippen molar-refractivity contribution in [3.05, 3.63) is 0 Å². The molecule has 0 aromatic carbocycles. The largest absolute Gasteiger partial charge is 0.481 e. The highest BCUT2D eigenvalue weighted by molar-refractivity contribution is 5.76. The van der Waals surface area contributed by atoms with Gasteiger partial charge in [0.2, 0.25) is 0 Å². The van der Waals surface area contributed by atoms with Gasteiger partial charge in [-0.15, -0.1) is 0 Å². The number of urea groups is 1. The van der Waals surface area contributed by atoms with Crippen LogP contribution in [0.15, 0.2) is 0 Å². The van der Waals surface area contributed by atoms with Crippen LogP contribution in [0, 0.1) is 11.8 Å². The minimum Gasteiger partial charge on any atom is -0.481 e. The lowest BCUT2D eigenvalue weighted by atomic mass is 9.98. The van der Waals surface area contributed by atoms with Gasteiger partial charge in [0.05, 0.1) is 5.92 Å². The van der Waals surface area contributed by atoms with E-state index >= 15 is 0 Å². The number of nitrogens with zero attached hydrogens (tertiary/aromatic N) is 1. The highest BCUT2D eigenvalue weighted by Gasteiger charge is 2.28. The number of nitrogens with one attached hydrogen (secondary N) is 1. The molecular weight excluding hydrogens is 232 g/mol. The summed E-state index contributed by atoms with van der Waals surface area (Å²) >= 11 is 0. The number of carboxylic acids is 1. The average molecular weight is 256 g/mol. The van der Waals surface area contributed by atoms with Crippen molar-refractivity contribution in [2.45, 2.75) is 39.5 Å². The molecule has 104 valence electrons. The van der Waals surface area contributed by atoms with Gasteiger partial charge in [0.25, 0.3) is 0 Å². The van der Waals surface area contributed by atoms with Gasteiger partial charge >= 0.3 is 12.0 Å². The van der Waals surface area contributed by atoms with Crippen LogP contribution < -0.4 is 5.32 Å². The highest BCUT2D eigenvalue weighted by atomic mass is 16.4. The van der Waals surface area contributed by atoms with Crippen molar-refractivity contribution in [2.75, 3.05) is 19.6 Å². The zero-order chi connectivity index (χ0) is 13.5. The molecule has 5 nitrogen and oxygen atoms in total. The molecular formula is C13H24N2O3. The van der Waals surface area contributed by atoms with E-state index in [4.69, 9.17) is 5.11 Å². The molecule has 1 fully saturated rings. The second kappa shape index (κ2) is 7.24. The van der Waals surface area contributed by atoms with E-state index in [1.54, 1.807) is 4.90 Å². The fraction of sp³-hybridized carbons (Fsp3) is 0.846. The van der Waals surface area contributed by atoms with Crippen LogP contribution in [0.5, 0.6) is 0 Å². The topological polar surface area (TPSA) is 69.6 Å². The Balaban J connectivity index is 2.39. The maximum atomic E-state index is 11.9. The summed E-state index contributed by atoms with van der Waals surface area (Å²) in [5.41, 5.74) is 0. The second-order valence-corrected chi connectivity index (χ2v) is 4.99. The Bertz CT molecular complexity index is 290. The third-order valence-electron chi connectivity index (χ3n) is 3.75. The van der Waals surface area contributed by atoms with Crippen LogP contribution in [-0.2, 0) is 4.79 Å². The first-order valence-electron chi connectivity index (χ1n) is 6.84. The number of carbonyl (C=O) groups excluding carboxylic acids is 1. The van der Waals surface area contributed by atoms with Crippen molar-refractivity contribution in [1.82, 2.24) is 10.2 Å². The van der Waals surface area contributed by atoms with E-state index in [1.165, 1.54) is 0 Å². The molecule has 0 aromatic heterocycles. The zero-order valence-corrected chi connectivity index (χ0v) is 11.3. The molecule has 1 atom stereocenters. The highest BCUT2D eigenvalue weighted by Crippen LogP contribution is 2.16. The van der Waals surface area contributed by atoms with E-state index in [9.17, 15) is 9.59 Å². The molecule has 1 rings (SSSR count). The minimum atomic E-state index is -0.799. The first-order valence-corrected chi connectivity index (χ1v) is 6.84. The predicted molar refractivity (Wildman–Crippen MR) is 69.4 cm³/mol. The molecule has 0 bridgehead atoms. The Morgan fingerprint density at radius 1 is 1.39 bits per heavy atom. The summed E-state index contributed by atoms with van der Waals surface area (Å²) in [4.78, 5) is 24.5. The van der Waals surface area contributed by atoms with Gasteiger partial charge in [-0.1, -0.05) is 26.7 Å². The average Bonchev–Trinajstić information content (AvgIpc) is 2.39. The Labute approximate surface area is 109 Å². The Hall–Kier alpha value is -1.26. The van der Waals surface area contributed by atoms with E-state index in [-0.39, 0.29) is 6.03 Å². The van der Waals surface area contributed by atoms with Crippen molar-refractivity contribution in [3.8, 4) is 0 Å². The van der Waals surface area contributed by atoms with E-state index < -0.39 is 11.9 Å². The molecule has 1 unspecified atom stereocenters. The smallest absolute Gasteiger partial charge is 0.317 e. The molecule has 1 aliphatic rings. The van der Waals surface area contributed by atoms with Crippen molar-refractivity contribution < 1.29 is 14.7 Å². The van der Waals surface area contributed by atoms with Crippen molar-refractivity contribution in [1.29, 1.82) is 0 Å².